The molecule has 1 N–H and O–H groups in total. The van der Waals surface area contributed by atoms with Crippen LogP contribution in [-0.2, 0) is 0 Å². The highest BCUT2D eigenvalue weighted by Crippen LogP contribution is 2.33. The second kappa shape index (κ2) is 5.71. The van der Waals surface area contributed by atoms with E-state index in [2.05, 4.69) is 9.72 Å². The van der Waals surface area contributed by atoms with Crippen LogP contribution < -0.4 is 10.3 Å². The van der Waals surface area contributed by atoms with Crippen LogP contribution in [0.5, 0.6) is 5.75 Å². The number of nitrogens with one attached hydrogen (secondary N) is 1. The summed E-state index contributed by atoms with van der Waals surface area (Å²) >= 11 is 0. The number of aromatic nitrogens is 1. The third-order valence-corrected chi connectivity index (χ3v) is 2.73. The second-order valence-corrected chi connectivity index (χ2v) is 4.20. The number of pyridine rings is 1. The van der Waals surface area contributed by atoms with Crippen LogP contribution in [0.15, 0.2) is 29.1 Å². The minimum atomic E-state index is -3.11. The Morgan fingerprint density at radius 2 is 2.00 bits per heavy atom. The summed E-state index contributed by atoms with van der Waals surface area (Å²) in [6, 6.07) is 5.99. The Hall–Kier alpha value is -2.75. The largest absolute Gasteiger partial charge is 0.434 e. The molecule has 0 radical (unpaired) electrons. The maximum Gasteiger partial charge on any atom is 0.387 e. The average Bonchev–Trinajstić information content (AvgIpc) is 2.39. The van der Waals surface area contributed by atoms with Gasteiger partial charge >= 0.3 is 6.61 Å². The number of aromatic amines is 1. The number of ether oxygens (including phenoxy) is 1. The Morgan fingerprint density at radius 3 is 2.62 bits per heavy atom. The van der Waals surface area contributed by atoms with Gasteiger partial charge in [0.05, 0.1) is 0 Å². The highest BCUT2D eigenvalue weighted by molar-refractivity contribution is 5.75. The first-order valence-corrected chi connectivity index (χ1v) is 5.81. The van der Waals surface area contributed by atoms with Crippen LogP contribution in [0, 0.1) is 24.1 Å². The molecule has 1 aromatic carbocycles. The monoisotopic (exact) mass is 294 g/mol. The van der Waals surface area contributed by atoms with Gasteiger partial charge in [-0.3, -0.25) is 4.79 Å². The van der Waals surface area contributed by atoms with Crippen molar-refractivity contribution in [2.75, 3.05) is 0 Å². The van der Waals surface area contributed by atoms with Crippen LogP contribution in [0.4, 0.5) is 13.2 Å². The number of nitriles is 1. The average molecular weight is 294 g/mol. The minimum Gasteiger partial charge on any atom is -0.434 e. The van der Waals surface area contributed by atoms with E-state index in [4.69, 9.17) is 5.26 Å². The summed E-state index contributed by atoms with van der Waals surface area (Å²) in [7, 11) is 0. The minimum absolute atomic E-state index is 0.0360. The van der Waals surface area contributed by atoms with E-state index in [0.717, 1.165) is 18.2 Å². The lowest BCUT2D eigenvalue weighted by atomic mass is 10.00. The first-order valence-electron chi connectivity index (χ1n) is 5.81. The van der Waals surface area contributed by atoms with E-state index in [-0.39, 0.29) is 22.4 Å². The molecule has 1 heterocycles. The van der Waals surface area contributed by atoms with Crippen LogP contribution >= 0.6 is 0 Å². The van der Waals surface area contributed by atoms with Gasteiger partial charge in [0, 0.05) is 16.8 Å². The second-order valence-electron chi connectivity index (χ2n) is 4.20. The van der Waals surface area contributed by atoms with Crippen LogP contribution in [0.25, 0.3) is 11.1 Å². The third-order valence-electron chi connectivity index (χ3n) is 2.73. The fourth-order valence-electron chi connectivity index (χ4n) is 1.92. The number of hydrogen-bond donors (Lipinski definition) is 1. The summed E-state index contributed by atoms with van der Waals surface area (Å²) in [6.07, 6.45) is 0. The molecule has 0 aliphatic carbocycles. The molecule has 4 nitrogen and oxygen atoms in total. The van der Waals surface area contributed by atoms with Gasteiger partial charge in [0.15, 0.2) is 0 Å². The van der Waals surface area contributed by atoms with Gasteiger partial charge in [0.1, 0.15) is 23.2 Å². The lowest BCUT2D eigenvalue weighted by molar-refractivity contribution is -0.0494. The molecule has 0 aliphatic heterocycles. The van der Waals surface area contributed by atoms with Crippen molar-refractivity contribution in [3.63, 3.8) is 0 Å². The zero-order valence-electron chi connectivity index (χ0n) is 10.8. The van der Waals surface area contributed by atoms with E-state index in [1.54, 1.807) is 13.0 Å². The normalized spacial score (nSPS) is 10.5. The van der Waals surface area contributed by atoms with Gasteiger partial charge in [-0.25, -0.2) is 4.39 Å². The first-order chi connectivity index (χ1) is 9.92. The molecule has 21 heavy (non-hydrogen) atoms. The van der Waals surface area contributed by atoms with Crippen molar-refractivity contribution in [1.82, 2.24) is 4.98 Å². The van der Waals surface area contributed by atoms with Crippen LogP contribution in [0.3, 0.4) is 0 Å². The molecule has 108 valence electrons. The number of rotatable bonds is 3. The zero-order chi connectivity index (χ0) is 15.6. The maximum absolute atomic E-state index is 13.4. The Morgan fingerprint density at radius 1 is 1.29 bits per heavy atom. The molecule has 0 atom stereocenters. The maximum atomic E-state index is 13.4. The molecule has 0 aliphatic rings. The lowest BCUT2D eigenvalue weighted by Crippen LogP contribution is -2.13. The molecule has 0 fully saturated rings. The number of hydrogen-bond acceptors (Lipinski definition) is 3. The Labute approximate surface area is 117 Å². The molecular formula is C14H9F3N2O2. The quantitative estimate of drug-likeness (QED) is 0.946. The summed E-state index contributed by atoms with van der Waals surface area (Å²) in [5.74, 6) is -1.01. The van der Waals surface area contributed by atoms with Crippen molar-refractivity contribution in [3.05, 3.63) is 51.7 Å². The number of benzene rings is 1. The van der Waals surface area contributed by atoms with Crippen LogP contribution in [0.2, 0.25) is 0 Å². The molecule has 0 bridgehead atoms. The van der Waals surface area contributed by atoms with E-state index in [9.17, 15) is 18.0 Å². The number of nitrogens with zero attached hydrogens (tertiary/aromatic N) is 1. The highest BCUT2D eigenvalue weighted by atomic mass is 19.3. The van der Waals surface area contributed by atoms with Crippen molar-refractivity contribution >= 4 is 0 Å². The predicted molar refractivity (Wildman–Crippen MR) is 68.5 cm³/mol. The third kappa shape index (κ3) is 3.05. The van der Waals surface area contributed by atoms with Gasteiger partial charge in [-0.2, -0.15) is 14.0 Å². The van der Waals surface area contributed by atoms with Crippen molar-refractivity contribution < 1.29 is 17.9 Å². The predicted octanol–water partition coefficient (Wildman–Crippen LogP) is 2.96. The molecule has 2 rings (SSSR count). The van der Waals surface area contributed by atoms with Gasteiger partial charge in [0.2, 0.25) is 0 Å². The van der Waals surface area contributed by atoms with E-state index in [0.29, 0.717) is 5.69 Å². The number of alkyl halides is 2. The van der Waals surface area contributed by atoms with Crippen molar-refractivity contribution in [2.24, 2.45) is 0 Å². The van der Waals surface area contributed by atoms with Gasteiger partial charge in [-0.1, -0.05) is 0 Å². The molecule has 0 amide bonds. The summed E-state index contributed by atoms with van der Waals surface area (Å²) in [4.78, 5) is 14.1. The number of halogens is 3. The summed E-state index contributed by atoms with van der Waals surface area (Å²) < 4.78 is 42.5. The Kier molecular flexibility index (Phi) is 3.98. The molecule has 1 aromatic heterocycles. The SMILES string of the molecule is Cc1cc(-c2cc(F)ccc2OC(F)F)c(C#N)c(=O)[nH]1. The fraction of sp³-hybridized carbons (Fsp3) is 0.143. The topological polar surface area (TPSA) is 65.9 Å². The summed E-state index contributed by atoms with van der Waals surface area (Å²) in [5, 5.41) is 9.04. The summed E-state index contributed by atoms with van der Waals surface area (Å²) in [5.41, 5.74) is -0.624. The summed E-state index contributed by atoms with van der Waals surface area (Å²) in [6.45, 7) is -1.55. The molecule has 0 unspecified atom stereocenters. The van der Waals surface area contributed by atoms with Crippen LogP contribution in [-0.4, -0.2) is 11.6 Å². The van der Waals surface area contributed by atoms with E-state index in [1.165, 1.54) is 6.07 Å². The smallest absolute Gasteiger partial charge is 0.387 e. The molecule has 0 spiro atoms. The van der Waals surface area contributed by atoms with Gasteiger partial charge < -0.3 is 9.72 Å². The number of H-pyrrole nitrogens is 1. The van der Waals surface area contributed by atoms with Gasteiger partial charge in [-0.05, 0) is 31.2 Å². The van der Waals surface area contributed by atoms with Gasteiger partial charge in [-0.15, -0.1) is 0 Å². The molecule has 7 heteroatoms. The molecule has 2 aromatic rings. The van der Waals surface area contributed by atoms with Crippen molar-refractivity contribution in [3.8, 4) is 22.9 Å². The van der Waals surface area contributed by atoms with E-state index >= 15 is 0 Å². The Bertz CT molecular complexity index is 779. The highest BCUT2D eigenvalue weighted by Gasteiger charge is 2.17. The van der Waals surface area contributed by atoms with E-state index < -0.39 is 18.0 Å². The van der Waals surface area contributed by atoms with Crippen molar-refractivity contribution in [2.45, 2.75) is 13.5 Å². The molecule has 0 saturated heterocycles. The zero-order valence-corrected chi connectivity index (χ0v) is 10.8. The van der Waals surface area contributed by atoms with Gasteiger partial charge in [0.25, 0.3) is 5.56 Å². The van der Waals surface area contributed by atoms with Crippen molar-refractivity contribution in [1.29, 1.82) is 5.26 Å². The first kappa shape index (κ1) is 14.7. The number of aryl methyl sites for hydroxylation is 1. The molecular weight excluding hydrogens is 285 g/mol. The Balaban J connectivity index is 2.75. The lowest BCUT2D eigenvalue weighted by Gasteiger charge is -2.12. The fourth-order valence-corrected chi connectivity index (χ4v) is 1.92. The van der Waals surface area contributed by atoms with Crippen LogP contribution in [0.1, 0.15) is 11.3 Å². The molecule has 0 saturated carbocycles. The standard InChI is InChI=1S/C14H9F3N2O2/c1-7-4-9(11(6-18)13(20)19-7)10-5-8(15)2-3-12(10)21-14(16)17/h2-5,14H,1H3,(H,19,20). The van der Waals surface area contributed by atoms with E-state index in [1.807, 2.05) is 0 Å².